The molecule has 1 saturated heterocycles. The zero-order valence-corrected chi connectivity index (χ0v) is 16.0. The van der Waals surface area contributed by atoms with Crippen LogP contribution in [0.1, 0.15) is 45.1 Å². The summed E-state index contributed by atoms with van der Waals surface area (Å²) in [6.07, 6.45) is 6.63. The fourth-order valence-corrected chi connectivity index (χ4v) is 4.47. The molecule has 2 aliphatic rings. The predicted molar refractivity (Wildman–Crippen MR) is 101 cm³/mol. The minimum absolute atomic E-state index is 0.336. The lowest BCUT2D eigenvalue weighted by atomic mass is 9.81. The average molecular weight is 347 g/mol. The second-order valence-corrected chi connectivity index (χ2v) is 7.76. The second kappa shape index (κ2) is 9.13. The molecule has 3 unspecified atom stereocenters. The first-order valence-electron chi connectivity index (χ1n) is 9.88. The van der Waals surface area contributed by atoms with Crippen LogP contribution < -0.4 is 5.43 Å². The lowest BCUT2D eigenvalue weighted by molar-refractivity contribution is -0.122. The van der Waals surface area contributed by atoms with Crippen LogP contribution in [0.4, 0.5) is 0 Å². The van der Waals surface area contributed by atoms with Gasteiger partial charge in [-0.25, -0.2) is 5.01 Å². The SMILES string of the molecule is COC1CCC(C2OCCN(NC(C)Cc3ccccc3)C2C)CC1. The van der Waals surface area contributed by atoms with E-state index in [2.05, 4.69) is 54.6 Å². The van der Waals surface area contributed by atoms with E-state index in [0.717, 1.165) is 19.6 Å². The Bertz CT molecular complexity index is 502. The van der Waals surface area contributed by atoms with Crippen LogP contribution in [0.25, 0.3) is 0 Å². The molecule has 4 nitrogen and oxygen atoms in total. The Kier molecular flexibility index (Phi) is 6.88. The van der Waals surface area contributed by atoms with E-state index in [-0.39, 0.29) is 0 Å². The number of benzene rings is 1. The first-order chi connectivity index (χ1) is 12.2. The molecule has 0 amide bonds. The lowest BCUT2D eigenvalue weighted by Crippen LogP contribution is -2.59. The number of hydrazine groups is 1. The van der Waals surface area contributed by atoms with Crippen LogP contribution in [0.15, 0.2) is 30.3 Å². The van der Waals surface area contributed by atoms with Gasteiger partial charge in [-0.05, 0) is 57.4 Å². The van der Waals surface area contributed by atoms with Crippen molar-refractivity contribution in [2.24, 2.45) is 5.92 Å². The molecule has 1 saturated carbocycles. The Labute approximate surface area is 152 Å². The van der Waals surface area contributed by atoms with E-state index in [1.54, 1.807) is 0 Å². The molecule has 1 aliphatic carbocycles. The maximum Gasteiger partial charge on any atom is 0.0770 e. The summed E-state index contributed by atoms with van der Waals surface area (Å²) >= 11 is 0. The van der Waals surface area contributed by atoms with Crippen LogP contribution >= 0.6 is 0 Å². The number of rotatable bonds is 6. The van der Waals surface area contributed by atoms with Gasteiger partial charge >= 0.3 is 0 Å². The molecule has 0 bridgehead atoms. The number of morpholine rings is 1. The van der Waals surface area contributed by atoms with Crippen molar-refractivity contribution < 1.29 is 9.47 Å². The van der Waals surface area contributed by atoms with E-state index >= 15 is 0 Å². The molecular weight excluding hydrogens is 312 g/mol. The van der Waals surface area contributed by atoms with Gasteiger partial charge in [-0.3, -0.25) is 5.43 Å². The zero-order chi connectivity index (χ0) is 17.6. The summed E-state index contributed by atoms with van der Waals surface area (Å²) in [6.45, 7) is 6.37. The summed E-state index contributed by atoms with van der Waals surface area (Å²) in [5.74, 6) is 0.662. The Morgan fingerprint density at radius 3 is 2.60 bits per heavy atom. The summed E-state index contributed by atoms with van der Waals surface area (Å²) in [4.78, 5) is 0. The highest BCUT2D eigenvalue weighted by molar-refractivity contribution is 5.15. The highest BCUT2D eigenvalue weighted by Gasteiger charge is 2.37. The van der Waals surface area contributed by atoms with E-state index in [1.165, 1.54) is 31.2 Å². The Morgan fingerprint density at radius 2 is 1.92 bits per heavy atom. The number of hydrogen-bond donors (Lipinski definition) is 1. The lowest BCUT2D eigenvalue weighted by Gasteiger charge is -2.45. The van der Waals surface area contributed by atoms with Crippen molar-refractivity contribution >= 4 is 0 Å². The van der Waals surface area contributed by atoms with Crippen LogP contribution in [0.3, 0.4) is 0 Å². The summed E-state index contributed by atoms with van der Waals surface area (Å²) in [5.41, 5.74) is 5.12. The highest BCUT2D eigenvalue weighted by Crippen LogP contribution is 2.33. The van der Waals surface area contributed by atoms with Crippen molar-refractivity contribution in [2.75, 3.05) is 20.3 Å². The number of nitrogens with one attached hydrogen (secondary N) is 1. The number of methoxy groups -OCH3 is 1. The Hall–Kier alpha value is -0.940. The summed E-state index contributed by atoms with van der Waals surface area (Å²) < 4.78 is 11.7. The van der Waals surface area contributed by atoms with Crippen LogP contribution in [0.2, 0.25) is 0 Å². The smallest absolute Gasteiger partial charge is 0.0770 e. The highest BCUT2D eigenvalue weighted by atomic mass is 16.5. The van der Waals surface area contributed by atoms with Gasteiger partial charge in [-0.1, -0.05) is 30.3 Å². The standard InChI is InChI=1S/C21H34N2O2/c1-16(15-18-7-5-4-6-8-18)22-23-13-14-25-21(17(23)2)19-9-11-20(24-3)12-10-19/h4-8,16-17,19-22H,9-15H2,1-3H3. The molecule has 1 aromatic carbocycles. The third kappa shape index (κ3) is 5.04. The normalized spacial score (nSPS) is 32.4. The molecule has 3 atom stereocenters. The van der Waals surface area contributed by atoms with Gasteiger partial charge in [-0.2, -0.15) is 0 Å². The zero-order valence-electron chi connectivity index (χ0n) is 16.0. The predicted octanol–water partition coefficient (Wildman–Crippen LogP) is 3.42. The van der Waals surface area contributed by atoms with Crippen LogP contribution in [-0.2, 0) is 15.9 Å². The molecular formula is C21H34N2O2. The van der Waals surface area contributed by atoms with Crippen LogP contribution in [-0.4, -0.2) is 49.6 Å². The summed E-state index contributed by atoms with van der Waals surface area (Å²) in [7, 11) is 1.84. The molecule has 4 heteroatoms. The fraction of sp³-hybridized carbons (Fsp3) is 0.714. The van der Waals surface area contributed by atoms with Gasteiger partial charge in [0.2, 0.25) is 0 Å². The fourth-order valence-electron chi connectivity index (χ4n) is 4.47. The molecule has 3 rings (SSSR count). The molecule has 0 spiro atoms. The van der Waals surface area contributed by atoms with Gasteiger partial charge in [0.1, 0.15) is 0 Å². The first kappa shape index (κ1) is 18.8. The third-order valence-electron chi connectivity index (χ3n) is 5.90. The molecule has 140 valence electrons. The number of nitrogens with zero attached hydrogens (tertiary/aromatic N) is 1. The molecule has 1 N–H and O–H groups in total. The van der Waals surface area contributed by atoms with Crippen molar-refractivity contribution in [1.29, 1.82) is 0 Å². The maximum atomic E-state index is 6.21. The maximum absolute atomic E-state index is 6.21. The number of ether oxygens (including phenoxy) is 2. The van der Waals surface area contributed by atoms with Crippen molar-refractivity contribution in [3.05, 3.63) is 35.9 Å². The molecule has 2 fully saturated rings. The third-order valence-corrected chi connectivity index (χ3v) is 5.90. The van der Waals surface area contributed by atoms with Gasteiger partial charge in [-0.15, -0.1) is 0 Å². The molecule has 1 aromatic rings. The van der Waals surface area contributed by atoms with Gasteiger partial charge in [0.05, 0.1) is 18.8 Å². The van der Waals surface area contributed by atoms with Crippen molar-refractivity contribution in [3.8, 4) is 0 Å². The van der Waals surface area contributed by atoms with Gasteiger partial charge in [0.15, 0.2) is 0 Å². The number of hydrogen-bond acceptors (Lipinski definition) is 4. The van der Waals surface area contributed by atoms with Gasteiger partial charge in [0, 0.05) is 25.7 Å². The molecule has 1 heterocycles. The molecule has 25 heavy (non-hydrogen) atoms. The average Bonchev–Trinajstić information content (AvgIpc) is 2.64. The topological polar surface area (TPSA) is 33.7 Å². The quantitative estimate of drug-likeness (QED) is 0.856. The van der Waals surface area contributed by atoms with Crippen LogP contribution in [0.5, 0.6) is 0 Å². The largest absolute Gasteiger partial charge is 0.381 e. The Balaban J connectivity index is 1.52. The van der Waals surface area contributed by atoms with E-state index in [4.69, 9.17) is 9.47 Å². The van der Waals surface area contributed by atoms with Gasteiger partial charge in [0.25, 0.3) is 0 Å². The minimum Gasteiger partial charge on any atom is -0.381 e. The van der Waals surface area contributed by atoms with Crippen molar-refractivity contribution in [2.45, 2.75) is 70.2 Å². The van der Waals surface area contributed by atoms with Crippen molar-refractivity contribution in [3.63, 3.8) is 0 Å². The minimum atomic E-state index is 0.336. The second-order valence-electron chi connectivity index (χ2n) is 7.76. The first-order valence-corrected chi connectivity index (χ1v) is 9.88. The van der Waals surface area contributed by atoms with E-state index in [9.17, 15) is 0 Å². The van der Waals surface area contributed by atoms with Crippen LogP contribution in [0, 0.1) is 5.92 Å². The summed E-state index contributed by atoms with van der Waals surface area (Å²) in [6, 6.07) is 11.6. The van der Waals surface area contributed by atoms with Gasteiger partial charge < -0.3 is 9.47 Å². The van der Waals surface area contributed by atoms with E-state index in [0.29, 0.717) is 30.2 Å². The summed E-state index contributed by atoms with van der Waals surface area (Å²) in [5, 5.41) is 2.42. The monoisotopic (exact) mass is 346 g/mol. The molecule has 1 aliphatic heterocycles. The van der Waals surface area contributed by atoms with E-state index < -0.39 is 0 Å². The Morgan fingerprint density at radius 1 is 1.20 bits per heavy atom. The molecule has 0 aromatic heterocycles. The van der Waals surface area contributed by atoms with Crippen molar-refractivity contribution in [1.82, 2.24) is 10.4 Å². The van der Waals surface area contributed by atoms with E-state index in [1.807, 2.05) is 7.11 Å². The molecule has 0 radical (unpaired) electrons.